The van der Waals surface area contributed by atoms with Crippen LogP contribution in [0.25, 0.3) is 0 Å². The summed E-state index contributed by atoms with van der Waals surface area (Å²) in [6, 6.07) is 6.50. The Labute approximate surface area is 103 Å². The highest BCUT2D eigenvalue weighted by atomic mass is 16.5. The van der Waals surface area contributed by atoms with E-state index in [0.29, 0.717) is 6.10 Å². The zero-order chi connectivity index (χ0) is 11.7. The molecule has 1 aromatic carbocycles. The quantitative estimate of drug-likeness (QED) is 0.829. The fraction of sp³-hybridized carbons (Fsp3) is 0.571. The molecule has 3 nitrogen and oxygen atoms in total. The number of rotatable bonds is 2. The third kappa shape index (κ3) is 2.45. The van der Waals surface area contributed by atoms with Crippen molar-refractivity contribution >= 4 is 0 Å². The maximum Gasteiger partial charge on any atom is 0.123 e. The number of benzene rings is 1. The highest BCUT2D eigenvalue weighted by Crippen LogP contribution is 2.29. The van der Waals surface area contributed by atoms with Crippen LogP contribution in [0.3, 0.4) is 0 Å². The Morgan fingerprint density at radius 2 is 2.18 bits per heavy atom. The lowest BCUT2D eigenvalue weighted by Crippen LogP contribution is -2.47. The number of aryl methyl sites for hydroxylation is 1. The molecule has 2 aliphatic rings. The van der Waals surface area contributed by atoms with Crippen molar-refractivity contribution in [3.05, 3.63) is 29.3 Å². The van der Waals surface area contributed by atoms with E-state index in [-0.39, 0.29) is 0 Å². The van der Waals surface area contributed by atoms with E-state index >= 15 is 0 Å². The molecule has 0 aliphatic carbocycles. The van der Waals surface area contributed by atoms with Crippen LogP contribution >= 0.6 is 0 Å². The summed E-state index contributed by atoms with van der Waals surface area (Å²) in [5.41, 5.74) is 2.71. The first-order valence-corrected chi connectivity index (χ1v) is 6.50. The van der Waals surface area contributed by atoms with Gasteiger partial charge in [0.25, 0.3) is 0 Å². The lowest BCUT2D eigenvalue weighted by Gasteiger charge is -2.29. The lowest BCUT2D eigenvalue weighted by molar-refractivity contribution is 0.139. The van der Waals surface area contributed by atoms with Crippen molar-refractivity contribution in [1.82, 2.24) is 10.2 Å². The van der Waals surface area contributed by atoms with Gasteiger partial charge in [-0.15, -0.1) is 0 Å². The molecule has 1 unspecified atom stereocenters. The zero-order valence-corrected chi connectivity index (χ0v) is 10.4. The summed E-state index contributed by atoms with van der Waals surface area (Å²) in [5, 5.41) is 3.38. The van der Waals surface area contributed by atoms with Gasteiger partial charge in [0, 0.05) is 39.1 Å². The van der Waals surface area contributed by atoms with E-state index < -0.39 is 0 Å². The molecule has 0 bridgehead atoms. The first kappa shape index (κ1) is 11.1. The molecule has 0 radical (unpaired) electrons. The zero-order valence-electron chi connectivity index (χ0n) is 10.4. The van der Waals surface area contributed by atoms with E-state index in [1.807, 2.05) is 0 Å². The largest absolute Gasteiger partial charge is 0.488 e. The molecule has 2 aliphatic heterocycles. The van der Waals surface area contributed by atoms with Gasteiger partial charge in [-0.2, -0.15) is 0 Å². The number of fused-ring (bicyclic) bond motifs is 1. The Bertz CT molecular complexity index is 399. The van der Waals surface area contributed by atoms with Crippen LogP contribution < -0.4 is 10.1 Å². The smallest absolute Gasteiger partial charge is 0.123 e. The third-order valence-electron chi connectivity index (χ3n) is 3.63. The highest BCUT2D eigenvalue weighted by Gasteiger charge is 2.25. The lowest BCUT2D eigenvalue weighted by atomic mass is 10.1. The Balaban J connectivity index is 1.61. The fourth-order valence-electron chi connectivity index (χ4n) is 2.73. The highest BCUT2D eigenvalue weighted by molar-refractivity contribution is 5.40. The first-order valence-electron chi connectivity index (χ1n) is 6.50. The number of piperazine rings is 1. The second-order valence-electron chi connectivity index (χ2n) is 5.11. The van der Waals surface area contributed by atoms with Crippen LogP contribution in [0, 0.1) is 6.92 Å². The standard InChI is InChI=1S/C14H20N2O/c1-11-2-3-14-12(8-11)9-13(17-14)10-16-6-4-15-5-7-16/h2-3,8,13,15H,4-7,9-10H2,1H3. The van der Waals surface area contributed by atoms with E-state index in [4.69, 9.17) is 4.74 Å². The molecule has 1 aromatic rings. The SMILES string of the molecule is Cc1ccc2c(c1)CC(CN1CCNCC1)O2. The molecular formula is C14H20N2O. The maximum atomic E-state index is 6.00. The molecule has 3 rings (SSSR count). The minimum absolute atomic E-state index is 0.352. The molecule has 3 heteroatoms. The summed E-state index contributed by atoms with van der Waals surface area (Å²) < 4.78 is 6.00. The molecule has 0 aromatic heterocycles. The van der Waals surface area contributed by atoms with E-state index in [0.717, 1.165) is 44.9 Å². The van der Waals surface area contributed by atoms with Gasteiger partial charge in [-0.1, -0.05) is 17.7 Å². The van der Waals surface area contributed by atoms with Crippen LogP contribution in [0.1, 0.15) is 11.1 Å². The van der Waals surface area contributed by atoms with E-state index in [1.165, 1.54) is 11.1 Å². The van der Waals surface area contributed by atoms with Crippen LogP contribution in [0.15, 0.2) is 18.2 Å². The van der Waals surface area contributed by atoms with Crippen LogP contribution in [-0.4, -0.2) is 43.7 Å². The summed E-state index contributed by atoms with van der Waals surface area (Å²) in [4.78, 5) is 2.50. The average molecular weight is 232 g/mol. The van der Waals surface area contributed by atoms with Crippen molar-refractivity contribution in [3.8, 4) is 5.75 Å². The predicted octanol–water partition coefficient (Wildman–Crippen LogP) is 1.20. The molecule has 0 saturated carbocycles. The third-order valence-corrected chi connectivity index (χ3v) is 3.63. The number of nitrogens with one attached hydrogen (secondary N) is 1. The summed E-state index contributed by atoms with van der Waals surface area (Å²) in [7, 11) is 0. The molecule has 1 N–H and O–H groups in total. The first-order chi connectivity index (χ1) is 8.31. The number of ether oxygens (including phenoxy) is 1. The Morgan fingerprint density at radius 3 is 3.00 bits per heavy atom. The van der Waals surface area contributed by atoms with Gasteiger partial charge in [0.2, 0.25) is 0 Å². The summed E-state index contributed by atoms with van der Waals surface area (Å²) in [6.45, 7) is 7.72. The molecule has 0 amide bonds. The van der Waals surface area contributed by atoms with Crippen molar-refractivity contribution in [3.63, 3.8) is 0 Å². The van der Waals surface area contributed by atoms with Gasteiger partial charge in [0.1, 0.15) is 11.9 Å². The Hall–Kier alpha value is -1.06. The van der Waals surface area contributed by atoms with Crippen molar-refractivity contribution in [2.45, 2.75) is 19.4 Å². The van der Waals surface area contributed by atoms with E-state index in [2.05, 4.69) is 35.3 Å². The van der Waals surface area contributed by atoms with Gasteiger partial charge in [-0.05, 0) is 18.6 Å². The summed E-state index contributed by atoms with van der Waals surface area (Å²) in [6.07, 6.45) is 1.42. The molecule has 0 spiro atoms. The minimum Gasteiger partial charge on any atom is -0.488 e. The molecule has 17 heavy (non-hydrogen) atoms. The second-order valence-corrected chi connectivity index (χ2v) is 5.11. The van der Waals surface area contributed by atoms with Gasteiger partial charge in [0.05, 0.1) is 0 Å². The van der Waals surface area contributed by atoms with Gasteiger partial charge < -0.3 is 10.1 Å². The normalized spacial score (nSPS) is 24.4. The molecule has 92 valence electrons. The van der Waals surface area contributed by atoms with Crippen LogP contribution in [-0.2, 0) is 6.42 Å². The second kappa shape index (κ2) is 4.67. The predicted molar refractivity (Wildman–Crippen MR) is 68.6 cm³/mol. The van der Waals surface area contributed by atoms with Gasteiger partial charge >= 0.3 is 0 Å². The monoisotopic (exact) mass is 232 g/mol. The van der Waals surface area contributed by atoms with E-state index in [1.54, 1.807) is 0 Å². The summed E-state index contributed by atoms with van der Waals surface area (Å²) >= 11 is 0. The molecule has 2 heterocycles. The van der Waals surface area contributed by atoms with Crippen LogP contribution in [0.2, 0.25) is 0 Å². The van der Waals surface area contributed by atoms with Crippen molar-refractivity contribution in [1.29, 1.82) is 0 Å². The topological polar surface area (TPSA) is 24.5 Å². The molecule has 1 fully saturated rings. The van der Waals surface area contributed by atoms with Gasteiger partial charge in [-0.3, -0.25) is 4.90 Å². The van der Waals surface area contributed by atoms with Crippen molar-refractivity contribution < 1.29 is 4.74 Å². The number of hydrogen-bond donors (Lipinski definition) is 1. The van der Waals surface area contributed by atoms with Crippen molar-refractivity contribution in [2.75, 3.05) is 32.7 Å². The maximum absolute atomic E-state index is 6.00. The minimum atomic E-state index is 0.352. The average Bonchev–Trinajstić information content (AvgIpc) is 2.71. The Morgan fingerprint density at radius 1 is 1.35 bits per heavy atom. The molecule has 1 saturated heterocycles. The van der Waals surface area contributed by atoms with Crippen molar-refractivity contribution in [2.24, 2.45) is 0 Å². The fourth-order valence-corrected chi connectivity index (χ4v) is 2.73. The van der Waals surface area contributed by atoms with E-state index in [9.17, 15) is 0 Å². The molecule has 1 atom stereocenters. The Kier molecular flexibility index (Phi) is 3.04. The number of hydrogen-bond acceptors (Lipinski definition) is 3. The van der Waals surface area contributed by atoms with Gasteiger partial charge in [-0.25, -0.2) is 0 Å². The van der Waals surface area contributed by atoms with Gasteiger partial charge in [0.15, 0.2) is 0 Å². The van der Waals surface area contributed by atoms with Crippen LogP contribution in [0.4, 0.5) is 0 Å². The number of nitrogens with zero attached hydrogens (tertiary/aromatic N) is 1. The molecular weight excluding hydrogens is 212 g/mol. The summed E-state index contributed by atoms with van der Waals surface area (Å²) in [5.74, 6) is 1.09. The van der Waals surface area contributed by atoms with Crippen LogP contribution in [0.5, 0.6) is 5.75 Å².